The molecule has 2 aliphatic rings. The molecule has 4 heteroatoms. The largest absolute Gasteiger partial charge is 0.454 e. The van der Waals surface area contributed by atoms with Gasteiger partial charge in [-0.05, 0) is 25.1 Å². The minimum absolute atomic E-state index is 0.328. The minimum Gasteiger partial charge on any atom is -0.454 e. The maximum atomic E-state index is 5.34. The molecule has 3 nitrogen and oxygen atoms in total. The summed E-state index contributed by atoms with van der Waals surface area (Å²) in [5.74, 6) is 2.73. The zero-order chi connectivity index (χ0) is 10.3. The van der Waals surface area contributed by atoms with Crippen LogP contribution in [0.15, 0.2) is 23.2 Å². The van der Waals surface area contributed by atoms with Crippen LogP contribution in [0, 0.1) is 0 Å². The summed E-state index contributed by atoms with van der Waals surface area (Å²) in [4.78, 5) is 4.57. The van der Waals surface area contributed by atoms with Crippen molar-refractivity contribution in [2.24, 2.45) is 4.99 Å². The molecule has 1 unspecified atom stereocenters. The van der Waals surface area contributed by atoms with Crippen molar-refractivity contribution in [3.63, 3.8) is 0 Å². The first-order chi connectivity index (χ1) is 7.33. The molecule has 3 rings (SSSR count). The molecule has 15 heavy (non-hydrogen) atoms. The third kappa shape index (κ3) is 1.59. The number of fused-ring (bicyclic) bond motifs is 1. The smallest absolute Gasteiger partial charge is 0.231 e. The normalized spacial score (nSPS) is 23.0. The van der Waals surface area contributed by atoms with Crippen LogP contribution in [-0.4, -0.2) is 23.6 Å². The molecular weight excluding hydrogens is 210 g/mol. The third-order valence-corrected chi connectivity index (χ3v) is 3.68. The fourth-order valence-corrected chi connectivity index (χ4v) is 2.68. The van der Waals surface area contributed by atoms with Crippen molar-refractivity contribution >= 4 is 16.8 Å². The monoisotopic (exact) mass is 221 g/mol. The average molecular weight is 221 g/mol. The number of hydrogen-bond acceptors (Lipinski definition) is 4. The second-order valence-corrected chi connectivity index (χ2v) is 4.67. The molecule has 0 fully saturated rings. The molecule has 1 aromatic rings. The number of hydrogen-bond donors (Lipinski definition) is 0. The summed E-state index contributed by atoms with van der Waals surface area (Å²) in [6.07, 6.45) is 0. The zero-order valence-corrected chi connectivity index (χ0v) is 9.21. The quantitative estimate of drug-likeness (QED) is 0.729. The van der Waals surface area contributed by atoms with Crippen molar-refractivity contribution in [2.75, 3.05) is 12.5 Å². The van der Waals surface area contributed by atoms with Crippen molar-refractivity contribution in [1.82, 2.24) is 0 Å². The molecule has 0 spiro atoms. The van der Waals surface area contributed by atoms with E-state index in [1.807, 2.05) is 18.2 Å². The van der Waals surface area contributed by atoms with Gasteiger partial charge < -0.3 is 9.47 Å². The summed E-state index contributed by atoms with van der Waals surface area (Å²) < 4.78 is 10.6. The van der Waals surface area contributed by atoms with Gasteiger partial charge in [-0.3, -0.25) is 4.99 Å². The van der Waals surface area contributed by atoms with Crippen LogP contribution in [-0.2, 0) is 0 Å². The van der Waals surface area contributed by atoms with Gasteiger partial charge in [0.2, 0.25) is 6.79 Å². The van der Waals surface area contributed by atoms with E-state index in [2.05, 4.69) is 11.9 Å². The van der Waals surface area contributed by atoms with Gasteiger partial charge in [0.05, 0.1) is 11.1 Å². The van der Waals surface area contributed by atoms with Crippen molar-refractivity contribution in [2.45, 2.75) is 13.0 Å². The first kappa shape index (κ1) is 9.09. The van der Waals surface area contributed by atoms with E-state index in [9.17, 15) is 0 Å². The maximum Gasteiger partial charge on any atom is 0.231 e. The molecule has 0 radical (unpaired) electrons. The topological polar surface area (TPSA) is 30.8 Å². The summed E-state index contributed by atoms with van der Waals surface area (Å²) >= 11 is 1.80. The van der Waals surface area contributed by atoms with Gasteiger partial charge in [-0.25, -0.2) is 0 Å². The standard InChI is InChI=1S/C11H11NO2S/c1-7-5-15-11(12-7)8-2-3-9-10(4-8)14-6-13-9/h2-4,7H,5-6H2,1H3. The van der Waals surface area contributed by atoms with E-state index in [4.69, 9.17) is 9.47 Å². The Morgan fingerprint density at radius 3 is 3.00 bits per heavy atom. The second kappa shape index (κ2) is 3.45. The van der Waals surface area contributed by atoms with E-state index < -0.39 is 0 Å². The van der Waals surface area contributed by atoms with E-state index in [0.29, 0.717) is 12.8 Å². The molecule has 1 aromatic carbocycles. The predicted octanol–water partition coefficient (Wildman–Crippen LogP) is 2.30. The Labute approximate surface area is 92.5 Å². The zero-order valence-electron chi connectivity index (χ0n) is 8.40. The minimum atomic E-state index is 0.328. The molecule has 2 aliphatic heterocycles. The van der Waals surface area contributed by atoms with E-state index in [-0.39, 0.29) is 0 Å². The number of ether oxygens (including phenoxy) is 2. The van der Waals surface area contributed by atoms with Gasteiger partial charge >= 0.3 is 0 Å². The lowest BCUT2D eigenvalue weighted by Gasteiger charge is -2.01. The Kier molecular flexibility index (Phi) is 2.09. The van der Waals surface area contributed by atoms with Crippen LogP contribution in [0.5, 0.6) is 11.5 Å². The second-order valence-electron chi connectivity index (χ2n) is 3.66. The molecule has 0 saturated carbocycles. The van der Waals surface area contributed by atoms with Gasteiger partial charge in [-0.2, -0.15) is 0 Å². The Balaban J connectivity index is 1.96. The maximum absolute atomic E-state index is 5.34. The number of rotatable bonds is 1. The molecule has 0 aromatic heterocycles. The van der Waals surface area contributed by atoms with Crippen LogP contribution >= 0.6 is 11.8 Å². The van der Waals surface area contributed by atoms with Gasteiger partial charge in [0.25, 0.3) is 0 Å². The lowest BCUT2D eigenvalue weighted by Crippen LogP contribution is -1.94. The first-order valence-electron chi connectivity index (χ1n) is 4.93. The predicted molar refractivity (Wildman–Crippen MR) is 61.0 cm³/mol. The molecular formula is C11H11NO2S. The Morgan fingerprint density at radius 2 is 2.20 bits per heavy atom. The average Bonchev–Trinajstić information content (AvgIpc) is 2.84. The third-order valence-electron chi connectivity index (χ3n) is 2.42. The number of nitrogens with zero attached hydrogens (tertiary/aromatic N) is 1. The summed E-state index contributed by atoms with van der Waals surface area (Å²) in [5, 5.41) is 1.11. The lowest BCUT2D eigenvalue weighted by molar-refractivity contribution is 0.174. The van der Waals surface area contributed by atoms with Gasteiger partial charge in [-0.15, -0.1) is 11.8 Å². The van der Waals surface area contributed by atoms with Crippen LogP contribution in [0.1, 0.15) is 12.5 Å². The van der Waals surface area contributed by atoms with Crippen molar-refractivity contribution in [3.05, 3.63) is 23.8 Å². The summed E-state index contributed by atoms with van der Waals surface area (Å²) in [5.41, 5.74) is 1.13. The number of thioether (sulfide) groups is 1. The highest BCUT2D eigenvalue weighted by atomic mass is 32.2. The van der Waals surface area contributed by atoms with Crippen molar-refractivity contribution in [1.29, 1.82) is 0 Å². The van der Waals surface area contributed by atoms with Crippen molar-refractivity contribution in [3.8, 4) is 11.5 Å². The van der Waals surface area contributed by atoms with Crippen LogP contribution in [0.4, 0.5) is 0 Å². The van der Waals surface area contributed by atoms with Gasteiger partial charge in [0.15, 0.2) is 11.5 Å². The van der Waals surface area contributed by atoms with Crippen molar-refractivity contribution < 1.29 is 9.47 Å². The molecule has 0 N–H and O–H groups in total. The molecule has 1 atom stereocenters. The fourth-order valence-electron chi connectivity index (χ4n) is 1.66. The van der Waals surface area contributed by atoms with Gasteiger partial charge in [0, 0.05) is 11.3 Å². The summed E-state index contributed by atoms with van der Waals surface area (Å²) in [7, 11) is 0. The molecule has 0 amide bonds. The van der Waals surface area contributed by atoms with Gasteiger partial charge in [-0.1, -0.05) is 0 Å². The summed E-state index contributed by atoms with van der Waals surface area (Å²) in [6, 6.07) is 6.42. The first-order valence-corrected chi connectivity index (χ1v) is 5.92. The number of aliphatic imine (C=N–C) groups is 1. The highest BCUT2D eigenvalue weighted by molar-refractivity contribution is 8.14. The summed E-state index contributed by atoms with van der Waals surface area (Å²) in [6.45, 7) is 2.46. The van der Waals surface area contributed by atoms with Crippen LogP contribution in [0.25, 0.3) is 0 Å². The van der Waals surface area contributed by atoms with Crippen LogP contribution in [0.3, 0.4) is 0 Å². The van der Waals surface area contributed by atoms with Gasteiger partial charge in [0.1, 0.15) is 0 Å². The lowest BCUT2D eigenvalue weighted by atomic mass is 10.2. The molecule has 0 saturated heterocycles. The Morgan fingerprint density at radius 1 is 1.33 bits per heavy atom. The van der Waals surface area contributed by atoms with E-state index in [1.165, 1.54) is 0 Å². The van der Waals surface area contributed by atoms with E-state index >= 15 is 0 Å². The van der Waals surface area contributed by atoms with E-state index in [1.54, 1.807) is 11.8 Å². The Hall–Kier alpha value is -1.16. The van der Waals surface area contributed by atoms with Crippen LogP contribution < -0.4 is 9.47 Å². The van der Waals surface area contributed by atoms with E-state index in [0.717, 1.165) is 27.9 Å². The highest BCUT2D eigenvalue weighted by Crippen LogP contribution is 2.34. The molecule has 0 aliphatic carbocycles. The van der Waals surface area contributed by atoms with Crippen LogP contribution in [0.2, 0.25) is 0 Å². The fraction of sp³-hybridized carbons (Fsp3) is 0.364. The molecule has 0 bridgehead atoms. The molecule has 2 heterocycles. The SMILES string of the molecule is CC1CSC(c2ccc3c(c2)OCO3)=N1. The highest BCUT2D eigenvalue weighted by Gasteiger charge is 2.19. The Bertz CT molecular complexity index is 431. The molecule has 78 valence electrons. The number of benzene rings is 1.